The Kier molecular flexibility index (Phi) is 31.6. The van der Waals surface area contributed by atoms with Crippen LogP contribution >= 0.6 is 0 Å². The van der Waals surface area contributed by atoms with Crippen LogP contribution in [-0.4, -0.2) is 137 Å². The Hall–Kier alpha value is -1.87. The van der Waals surface area contributed by atoms with Gasteiger partial charge in [0.2, 0.25) is 0 Å². The molecule has 0 aliphatic rings. The summed E-state index contributed by atoms with van der Waals surface area (Å²) in [4.78, 5) is 11.5. The normalized spacial score (nSPS) is 11.7. The Morgan fingerprint density at radius 1 is 0.480 bits per heavy atom. The third kappa shape index (κ3) is 33.3. The predicted molar refractivity (Wildman–Crippen MR) is 192 cm³/mol. The standard InChI is InChI=1S/C38H68O12/c1-5-6-7-8-9-10-11-35-12-14-36(15-13-35)49-33-32-47-29-28-45-25-24-43-21-20-41-17-16-40-18-19-42-22-23-44-26-27-46-30-31-48-34-37(39)50-38(2,3)4/h12-15H,5-11,16-34H2,1-4H3. The summed E-state index contributed by atoms with van der Waals surface area (Å²) >= 11 is 0. The lowest BCUT2D eigenvalue weighted by atomic mass is 10.0. The second kappa shape index (κ2) is 34.2. The monoisotopic (exact) mass is 716 g/mol. The lowest BCUT2D eigenvalue weighted by Gasteiger charge is -2.19. The molecule has 0 heterocycles. The van der Waals surface area contributed by atoms with Crippen LogP contribution in [0.15, 0.2) is 24.3 Å². The third-order valence-electron chi connectivity index (χ3n) is 6.85. The molecule has 292 valence electrons. The molecule has 0 aliphatic heterocycles. The number of hydrogen-bond donors (Lipinski definition) is 0. The average molecular weight is 717 g/mol. The van der Waals surface area contributed by atoms with E-state index in [4.69, 9.17) is 52.1 Å². The highest BCUT2D eigenvalue weighted by molar-refractivity contribution is 5.71. The summed E-state index contributed by atoms with van der Waals surface area (Å²) in [5.41, 5.74) is 0.865. The number of carbonyl (C=O) groups excluding carboxylic acids is 1. The van der Waals surface area contributed by atoms with Gasteiger partial charge in [0.05, 0.1) is 112 Å². The summed E-state index contributed by atoms with van der Waals surface area (Å²) in [6, 6.07) is 8.42. The summed E-state index contributed by atoms with van der Waals surface area (Å²) in [7, 11) is 0. The maximum Gasteiger partial charge on any atom is 0.332 e. The van der Waals surface area contributed by atoms with Gasteiger partial charge in [-0.15, -0.1) is 0 Å². The van der Waals surface area contributed by atoms with Crippen LogP contribution in [-0.2, 0) is 58.6 Å². The number of hydrogen-bond acceptors (Lipinski definition) is 12. The van der Waals surface area contributed by atoms with Crippen LogP contribution in [0.25, 0.3) is 0 Å². The molecular weight excluding hydrogens is 648 g/mol. The minimum atomic E-state index is -0.510. The molecule has 12 nitrogen and oxygen atoms in total. The van der Waals surface area contributed by atoms with Gasteiger partial charge >= 0.3 is 5.97 Å². The van der Waals surface area contributed by atoms with Crippen LogP contribution in [0, 0.1) is 0 Å². The topological polar surface area (TPSA) is 119 Å². The summed E-state index contributed by atoms with van der Waals surface area (Å²) in [6.07, 6.45) is 9.07. The SMILES string of the molecule is CCCCCCCCc1ccc(OCCOCCOCCOCCOCCOCCOCCOCCOCCOCC(=O)OC(C)(C)C)cc1. The van der Waals surface area contributed by atoms with E-state index in [1.165, 1.54) is 44.1 Å². The fourth-order valence-electron chi connectivity index (χ4n) is 4.37. The van der Waals surface area contributed by atoms with Crippen molar-refractivity contribution in [2.45, 2.75) is 78.2 Å². The number of unbranched alkanes of at least 4 members (excludes halogenated alkanes) is 5. The predicted octanol–water partition coefficient (Wildman–Crippen LogP) is 5.46. The van der Waals surface area contributed by atoms with Gasteiger partial charge in [-0.25, -0.2) is 4.79 Å². The maximum absolute atomic E-state index is 11.5. The fraction of sp³-hybridized carbons (Fsp3) is 0.816. The quantitative estimate of drug-likeness (QED) is 0.0643. The minimum absolute atomic E-state index is 0.0810. The first-order valence-corrected chi connectivity index (χ1v) is 18.5. The summed E-state index contributed by atoms with van der Waals surface area (Å²) in [6.45, 7) is 16.3. The molecule has 0 N–H and O–H groups in total. The van der Waals surface area contributed by atoms with Gasteiger partial charge in [-0.2, -0.15) is 0 Å². The van der Waals surface area contributed by atoms with Gasteiger partial charge < -0.3 is 52.1 Å². The van der Waals surface area contributed by atoms with Gasteiger partial charge in [-0.3, -0.25) is 0 Å². The first kappa shape index (κ1) is 46.2. The molecule has 1 aromatic rings. The Labute approximate surface area is 302 Å². The summed E-state index contributed by atoms with van der Waals surface area (Å²) in [5.74, 6) is 0.497. The largest absolute Gasteiger partial charge is 0.491 e. The van der Waals surface area contributed by atoms with Crippen LogP contribution in [0.1, 0.15) is 71.8 Å². The molecule has 0 saturated carbocycles. The zero-order valence-corrected chi connectivity index (χ0v) is 31.6. The number of rotatable bonds is 37. The number of esters is 1. The molecule has 0 saturated heterocycles. The Morgan fingerprint density at radius 3 is 1.24 bits per heavy atom. The van der Waals surface area contributed by atoms with Crippen LogP contribution in [0.2, 0.25) is 0 Å². The highest BCUT2D eigenvalue weighted by atomic mass is 16.6. The van der Waals surface area contributed by atoms with Gasteiger partial charge in [0.25, 0.3) is 0 Å². The second-order valence-corrected chi connectivity index (χ2v) is 12.5. The van der Waals surface area contributed by atoms with E-state index < -0.39 is 5.60 Å². The first-order chi connectivity index (χ1) is 24.4. The lowest BCUT2D eigenvalue weighted by molar-refractivity contribution is -0.160. The van der Waals surface area contributed by atoms with E-state index in [2.05, 4.69) is 19.1 Å². The third-order valence-corrected chi connectivity index (χ3v) is 6.85. The molecule has 0 amide bonds. The number of ether oxygens (including phenoxy) is 11. The Balaban J connectivity index is 1.71. The molecule has 0 aliphatic carbocycles. The zero-order valence-electron chi connectivity index (χ0n) is 31.6. The van der Waals surface area contributed by atoms with E-state index in [9.17, 15) is 4.79 Å². The summed E-state index contributed by atoms with van der Waals surface area (Å²) in [5, 5.41) is 0. The molecule has 0 atom stereocenters. The molecule has 50 heavy (non-hydrogen) atoms. The van der Waals surface area contributed by atoms with Crippen molar-refractivity contribution in [2.75, 3.05) is 126 Å². The fourth-order valence-corrected chi connectivity index (χ4v) is 4.37. The Bertz CT molecular complexity index is 862. The van der Waals surface area contributed by atoms with Crippen molar-refractivity contribution < 1.29 is 56.9 Å². The van der Waals surface area contributed by atoms with Crippen molar-refractivity contribution in [3.63, 3.8) is 0 Å². The van der Waals surface area contributed by atoms with Crippen LogP contribution in [0.4, 0.5) is 0 Å². The molecular formula is C38H68O12. The lowest BCUT2D eigenvalue weighted by Crippen LogP contribution is -2.27. The number of carbonyl (C=O) groups is 1. The molecule has 1 rings (SSSR count). The molecule has 0 aromatic heterocycles. The molecule has 0 unspecified atom stereocenters. The van der Waals surface area contributed by atoms with Crippen molar-refractivity contribution >= 4 is 5.97 Å². The van der Waals surface area contributed by atoms with E-state index in [0.717, 1.165) is 12.2 Å². The highest BCUT2D eigenvalue weighted by Crippen LogP contribution is 2.15. The van der Waals surface area contributed by atoms with Crippen LogP contribution in [0.3, 0.4) is 0 Å². The second-order valence-electron chi connectivity index (χ2n) is 12.5. The van der Waals surface area contributed by atoms with Gasteiger partial charge in [0, 0.05) is 0 Å². The van der Waals surface area contributed by atoms with Crippen LogP contribution < -0.4 is 4.74 Å². The van der Waals surface area contributed by atoms with Crippen molar-refractivity contribution in [1.82, 2.24) is 0 Å². The summed E-state index contributed by atoms with van der Waals surface area (Å²) < 4.78 is 60.1. The van der Waals surface area contributed by atoms with Gasteiger partial charge in [-0.1, -0.05) is 51.2 Å². The highest BCUT2D eigenvalue weighted by Gasteiger charge is 2.15. The number of benzene rings is 1. The van der Waals surface area contributed by atoms with Crippen LogP contribution in [0.5, 0.6) is 5.75 Å². The van der Waals surface area contributed by atoms with Gasteiger partial charge in [-0.05, 0) is 51.3 Å². The molecule has 0 radical (unpaired) electrons. The van der Waals surface area contributed by atoms with Crippen molar-refractivity contribution in [1.29, 1.82) is 0 Å². The molecule has 12 heteroatoms. The van der Waals surface area contributed by atoms with E-state index in [0.29, 0.717) is 119 Å². The maximum atomic E-state index is 11.5. The van der Waals surface area contributed by atoms with Gasteiger partial charge in [0.1, 0.15) is 24.6 Å². The molecule has 0 fully saturated rings. The van der Waals surface area contributed by atoms with Gasteiger partial charge in [0.15, 0.2) is 0 Å². The van der Waals surface area contributed by atoms with E-state index in [1.807, 2.05) is 32.9 Å². The van der Waals surface area contributed by atoms with E-state index in [-0.39, 0.29) is 12.6 Å². The number of aryl methyl sites for hydroxylation is 1. The first-order valence-electron chi connectivity index (χ1n) is 18.5. The van der Waals surface area contributed by atoms with Crippen molar-refractivity contribution in [2.24, 2.45) is 0 Å². The van der Waals surface area contributed by atoms with Crippen molar-refractivity contribution in [3.05, 3.63) is 29.8 Å². The molecule has 0 spiro atoms. The zero-order chi connectivity index (χ0) is 36.2. The van der Waals surface area contributed by atoms with E-state index in [1.54, 1.807) is 0 Å². The smallest absolute Gasteiger partial charge is 0.332 e. The van der Waals surface area contributed by atoms with E-state index >= 15 is 0 Å². The average Bonchev–Trinajstić information content (AvgIpc) is 3.09. The Morgan fingerprint density at radius 2 is 0.840 bits per heavy atom. The molecule has 0 bridgehead atoms. The molecule has 1 aromatic carbocycles. The van der Waals surface area contributed by atoms with Crippen molar-refractivity contribution in [3.8, 4) is 5.75 Å². The minimum Gasteiger partial charge on any atom is -0.491 e.